The van der Waals surface area contributed by atoms with E-state index in [0.717, 1.165) is 28.0 Å². The van der Waals surface area contributed by atoms with Crippen LogP contribution in [0.15, 0.2) is 133 Å². The molecule has 0 N–H and O–H groups in total. The molecule has 222 valence electrons. The predicted octanol–water partition coefficient (Wildman–Crippen LogP) is 8.99. The first kappa shape index (κ1) is 29.3. The SMILES string of the molecule is O=C1[C@H](CC[C@H](OCc2ccccc2)c2ccc(F)cc2)[C@@H](c2ccc(OCc3ccccc3)cc2)N1c1ccc(F)cc1. The maximum absolute atomic E-state index is 13.7. The minimum absolute atomic E-state index is 0.0214. The van der Waals surface area contributed by atoms with Crippen molar-refractivity contribution in [2.45, 2.75) is 38.2 Å². The van der Waals surface area contributed by atoms with E-state index in [2.05, 4.69) is 0 Å². The molecule has 3 atom stereocenters. The minimum Gasteiger partial charge on any atom is -0.489 e. The van der Waals surface area contributed by atoms with Crippen LogP contribution >= 0.6 is 0 Å². The highest BCUT2D eigenvalue weighted by Gasteiger charge is 2.48. The molecule has 5 aromatic rings. The average molecular weight is 590 g/mol. The van der Waals surface area contributed by atoms with Crippen LogP contribution in [0.2, 0.25) is 0 Å². The lowest BCUT2D eigenvalue weighted by Crippen LogP contribution is -2.55. The van der Waals surface area contributed by atoms with Gasteiger partial charge in [-0.1, -0.05) is 84.9 Å². The van der Waals surface area contributed by atoms with Gasteiger partial charge in [-0.15, -0.1) is 0 Å². The zero-order valence-electron chi connectivity index (χ0n) is 24.2. The molecule has 5 aromatic carbocycles. The smallest absolute Gasteiger partial charge is 0.233 e. The van der Waals surface area contributed by atoms with E-state index in [4.69, 9.17) is 9.47 Å². The number of hydrogen-bond donors (Lipinski definition) is 0. The van der Waals surface area contributed by atoms with Crippen molar-refractivity contribution in [3.8, 4) is 5.75 Å². The van der Waals surface area contributed by atoms with Gasteiger partial charge in [0, 0.05) is 5.69 Å². The fourth-order valence-corrected chi connectivity index (χ4v) is 5.73. The molecule has 1 saturated heterocycles. The molecule has 44 heavy (non-hydrogen) atoms. The van der Waals surface area contributed by atoms with Crippen LogP contribution in [0.25, 0.3) is 0 Å². The monoisotopic (exact) mass is 589 g/mol. The normalized spacial score (nSPS) is 16.8. The van der Waals surface area contributed by atoms with E-state index in [1.165, 1.54) is 24.3 Å². The number of amides is 1. The zero-order valence-corrected chi connectivity index (χ0v) is 24.2. The Kier molecular flexibility index (Phi) is 9.09. The van der Waals surface area contributed by atoms with E-state index < -0.39 is 0 Å². The average Bonchev–Trinajstić information content (AvgIpc) is 3.06. The molecule has 0 radical (unpaired) electrons. The van der Waals surface area contributed by atoms with Crippen LogP contribution in [0.5, 0.6) is 5.75 Å². The summed E-state index contributed by atoms with van der Waals surface area (Å²) in [4.78, 5) is 15.4. The van der Waals surface area contributed by atoms with Gasteiger partial charge in [0.1, 0.15) is 24.0 Å². The van der Waals surface area contributed by atoms with Crippen molar-refractivity contribution in [1.29, 1.82) is 0 Å². The minimum atomic E-state index is -0.354. The van der Waals surface area contributed by atoms with Crippen molar-refractivity contribution in [3.63, 3.8) is 0 Å². The topological polar surface area (TPSA) is 38.8 Å². The number of carbonyl (C=O) groups is 1. The number of hydrogen-bond acceptors (Lipinski definition) is 3. The van der Waals surface area contributed by atoms with Gasteiger partial charge in [-0.2, -0.15) is 0 Å². The molecule has 0 unspecified atom stereocenters. The third-order valence-corrected chi connectivity index (χ3v) is 8.06. The second kappa shape index (κ2) is 13.7. The largest absolute Gasteiger partial charge is 0.489 e. The zero-order chi connectivity index (χ0) is 30.3. The highest BCUT2D eigenvalue weighted by Crippen LogP contribution is 2.47. The molecular weight excluding hydrogens is 556 g/mol. The van der Waals surface area contributed by atoms with Gasteiger partial charge in [-0.3, -0.25) is 4.79 Å². The van der Waals surface area contributed by atoms with E-state index in [1.807, 2.05) is 84.9 Å². The predicted molar refractivity (Wildman–Crippen MR) is 167 cm³/mol. The molecule has 0 spiro atoms. The Labute approximate surface area is 256 Å². The van der Waals surface area contributed by atoms with E-state index in [1.54, 1.807) is 29.2 Å². The number of nitrogens with zero attached hydrogens (tertiary/aromatic N) is 1. The summed E-state index contributed by atoms with van der Waals surface area (Å²) >= 11 is 0. The summed E-state index contributed by atoms with van der Waals surface area (Å²) in [6.07, 6.45) is 0.809. The molecular formula is C38H33F2NO3. The standard InChI is InChI=1S/C38H33F2NO3/c39-31-15-11-29(12-16-31)36(44-26-28-9-5-2-6-10-28)24-23-35-37(41(38(35)42)33-19-17-32(40)18-20-33)30-13-21-34(22-14-30)43-25-27-7-3-1-4-8-27/h1-22,35-37H,23-26H2/t35-,36+,37-/m1/s1. The molecule has 0 saturated carbocycles. The van der Waals surface area contributed by atoms with Gasteiger partial charge in [0.25, 0.3) is 0 Å². The van der Waals surface area contributed by atoms with Gasteiger partial charge in [-0.25, -0.2) is 8.78 Å². The highest BCUT2D eigenvalue weighted by molar-refractivity contribution is 6.03. The fourth-order valence-electron chi connectivity index (χ4n) is 5.73. The number of β-lactam (4-membered cyclic amide) rings is 1. The van der Waals surface area contributed by atoms with Crippen LogP contribution in [-0.4, -0.2) is 5.91 Å². The molecule has 6 rings (SSSR count). The second-order valence-electron chi connectivity index (χ2n) is 11.0. The van der Waals surface area contributed by atoms with Crippen LogP contribution in [0.4, 0.5) is 14.5 Å². The third kappa shape index (κ3) is 6.87. The van der Waals surface area contributed by atoms with E-state index >= 15 is 0 Å². The van der Waals surface area contributed by atoms with Crippen LogP contribution in [0.1, 0.15) is 47.2 Å². The lowest BCUT2D eigenvalue weighted by molar-refractivity contribution is -0.131. The summed E-state index contributed by atoms with van der Waals surface area (Å²) in [6, 6.07) is 39.8. The first-order valence-electron chi connectivity index (χ1n) is 14.8. The Morgan fingerprint density at radius 3 is 1.84 bits per heavy atom. The summed E-state index contributed by atoms with van der Waals surface area (Å²) in [6.45, 7) is 0.858. The molecule has 1 fully saturated rings. The molecule has 1 aliphatic rings. The van der Waals surface area contributed by atoms with Crippen LogP contribution in [0, 0.1) is 17.6 Å². The van der Waals surface area contributed by atoms with Crippen LogP contribution in [-0.2, 0) is 22.7 Å². The van der Waals surface area contributed by atoms with E-state index in [9.17, 15) is 13.6 Å². The summed E-state index contributed by atoms with van der Waals surface area (Å²) in [5.41, 5.74) is 4.59. The van der Waals surface area contributed by atoms with Gasteiger partial charge in [-0.05, 0) is 83.6 Å². The number of anilines is 1. The second-order valence-corrected chi connectivity index (χ2v) is 11.0. The van der Waals surface area contributed by atoms with Gasteiger partial charge in [0.05, 0.1) is 24.7 Å². The Morgan fingerprint density at radius 1 is 0.659 bits per heavy atom. The number of benzene rings is 5. The maximum atomic E-state index is 13.7. The summed E-state index contributed by atoms with van der Waals surface area (Å²) < 4.78 is 39.8. The number of carbonyl (C=O) groups excluding carboxylic acids is 1. The molecule has 1 heterocycles. The lowest BCUT2D eigenvalue weighted by atomic mass is 9.78. The summed E-state index contributed by atoms with van der Waals surface area (Å²) in [5.74, 6) is -0.256. The van der Waals surface area contributed by atoms with Crippen molar-refractivity contribution >= 4 is 11.6 Å². The first-order valence-corrected chi connectivity index (χ1v) is 14.8. The Morgan fingerprint density at radius 2 is 1.23 bits per heavy atom. The highest BCUT2D eigenvalue weighted by atomic mass is 19.1. The fraction of sp³-hybridized carbons (Fsp3) is 0.184. The van der Waals surface area contributed by atoms with Crippen molar-refractivity contribution in [2.24, 2.45) is 5.92 Å². The van der Waals surface area contributed by atoms with E-state index in [-0.39, 0.29) is 35.6 Å². The van der Waals surface area contributed by atoms with Gasteiger partial charge < -0.3 is 14.4 Å². The van der Waals surface area contributed by atoms with Crippen molar-refractivity contribution < 1.29 is 23.0 Å². The number of rotatable bonds is 12. The molecule has 0 aliphatic carbocycles. The molecule has 1 amide bonds. The van der Waals surface area contributed by atoms with Gasteiger partial charge in [0.2, 0.25) is 5.91 Å². The number of halogens is 2. The Balaban J connectivity index is 1.21. The van der Waals surface area contributed by atoms with Crippen LogP contribution in [0.3, 0.4) is 0 Å². The third-order valence-electron chi connectivity index (χ3n) is 8.06. The quantitative estimate of drug-likeness (QED) is 0.136. The lowest BCUT2D eigenvalue weighted by Gasteiger charge is -2.48. The number of ether oxygens (including phenoxy) is 2. The van der Waals surface area contributed by atoms with Crippen molar-refractivity contribution in [3.05, 3.63) is 167 Å². The molecule has 0 bridgehead atoms. The Hall–Kier alpha value is -4.81. The maximum Gasteiger partial charge on any atom is 0.233 e. The first-order chi connectivity index (χ1) is 21.5. The molecule has 4 nitrogen and oxygen atoms in total. The summed E-state index contributed by atoms with van der Waals surface area (Å²) in [5, 5.41) is 0. The molecule has 6 heteroatoms. The van der Waals surface area contributed by atoms with Crippen molar-refractivity contribution in [2.75, 3.05) is 4.90 Å². The van der Waals surface area contributed by atoms with Gasteiger partial charge >= 0.3 is 0 Å². The van der Waals surface area contributed by atoms with Gasteiger partial charge in [0.15, 0.2) is 0 Å². The molecule has 0 aromatic heterocycles. The van der Waals surface area contributed by atoms with E-state index in [0.29, 0.717) is 31.7 Å². The summed E-state index contributed by atoms with van der Waals surface area (Å²) in [7, 11) is 0. The van der Waals surface area contributed by atoms with Crippen molar-refractivity contribution in [1.82, 2.24) is 0 Å². The van der Waals surface area contributed by atoms with Crippen LogP contribution < -0.4 is 9.64 Å². The Bertz CT molecular complexity index is 1640. The molecule has 1 aliphatic heterocycles.